The summed E-state index contributed by atoms with van der Waals surface area (Å²) in [6, 6.07) is 34.6. The predicted octanol–water partition coefficient (Wildman–Crippen LogP) is 7.55. The standard InChI is InChI=1S/C32H22O2/c1-4-12-22(13-5-1)32(23-14-6-2-7-15-23)25-17-11-10-16-24(25)30-26(32)20-21-29-31(30)34-28-19-9-3-8-18-27(28)33-29/h1-17,19-21H,18H2. The Morgan fingerprint density at radius 2 is 1.32 bits per heavy atom. The third-order valence-electron chi connectivity index (χ3n) is 7.06. The molecule has 0 bridgehead atoms. The molecule has 0 unspecified atom stereocenters. The summed E-state index contributed by atoms with van der Waals surface area (Å²) in [5, 5.41) is 0. The molecule has 4 aromatic rings. The molecule has 34 heavy (non-hydrogen) atoms. The van der Waals surface area contributed by atoms with E-state index < -0.39 is 5.41 Å². The average Bonchev–Trinajstić information content (AvgIpc) is 3.01. The van der Waals surface area contributed by atoms with Gasteiger partial charge in [-0.05, 0) is 40.0 Å². The van der Waals surface area contributed by atoms with Crippen molar-refractivity contribution in [2.75, 3.05) is 0 Å². The molecule has 2 aliphatic carbocycles. The van der Waals surface area contributed by atoms with Crippen LogP contribution < -0.4 is 9.47 Å². The second kappa shape index (κ2) is 7.36. The van der Waals surface area contributed by atoms with Crippen molar-refractivity contribution < 1.29 is 9.47 Å². The molecule has 0 spiro atoms. The van der Waals surface area contributed by atoms with Crippen LogP contribution in [0.3, 0.4) is 0 Å². The molecule has 0 N–H and O–H groups in total. The van der Waals surface area contributed by atoms with Gasteiger partial charge in [0.25, 0.3) is 0 Å². The van der Waals surface area contributed by atoms with Crippen LogP contribution in [0.5, 0.6) is 11.5 Å². The molecule has 1 heterocycles. The molecule has 3 aliphatic rings. The molecule has 162 valence electrons. The first-order chi connectivity index (χ1) is 16.9. The van der Waals surface area contributed by atoms with Crippen molar-refractivity contribution in [1.82, 2.24) is 0 Å². The van der Waals surface area contributed by atoms with Gasteiger partial charge in [0.05, 0.1) is 5.41 Å². The predicted molar refractivity (Wildman–Crippen MR) is 135 cm³/mol. The van der Waals surface area contributed by atoms with Gasteiger partial charge in [-0.2, -0.15) is 0 Å². The molecule has 0 saturated heterocycles. The minimum Gasteiger partial charge on any atom is -0.454 e. The molecule has 0 fully saturated rings. The first kappa shape index (κ1) is 19.2. The van der Waals surface area contributed by atoms with E-state index in [1.54, 1.807) is 0 Å². The van der Waals surface area contributed by atoms with Crippen LogP contribution in [-0.2, 0) is 5.41 Å². The van der Waals surface area contributed by atoms with Gasteiger partial charge in [-0.1, -0.05) is 109 Å². The fraction of sp³-hybridized carbons (Fsp3) is 0.0625. The fourth-order valence-electron chi connectivity index (χ4n) is 5.68. The van der Waals surface area contributed by atoms with Gasteiger partial charge in [0.15, 0.2) is 23.0 Å². The number of rotatable bonds is 2. The molecule has 0 saturated carbocycles. The smallest absolute Gasteiger partial charge is 0.178 e. The molecule has 0 aromatic heterocycles. The largest absolute Gasteiger partial charge is 0.454 e. The Labute approximate surface area is 199 Å². The zero-order valence-electron chi connectivity index (χ0n) is 18.6. The number of benzene rings is 4. The van der Waals surface area contributed by atoms with Crippen LogP contribution in [0.1, 0.15) is 28.7 Å². The molecule has 4 aromatic carbocycles. The molecular weight excluding hydrogens is 416 g/mol. The van der Waals surface area contributed by atoms with Gasteiger partial charge in [-0.15, -0.1) is 0 Å². The number of hydrogen-bond acceptors (Lipinski definition) is 2. The van der Waals surface area contributed by atoms with Crippen molar-refractivity contribution in [2.45, 2.75) is 11.8 Å². The molecule has 2 nitrogen and oxygen atoms in total. The summed E-state index contributed by atoms with van der Waals surface area (Å²) in [5.74, 6) is 3.19. The average molecular weight is 439 g/mol. The Kier molecular flexibility index (Phi) is 4.16. The van der Waals surface area contributed by atoms with Crippen LogP contribution in [-0.4, -0.2) is 0 Å². The second-order valence-electron chi connectivity index (χ2n) is 8.83. The van der Waals surface area contributed by atoms with Crippen LogP contribution in [0.15, 0.2) is 133 Å². The highest BCUT2D eigenvalue weighted by Crippen LogP contribution is 2.60. The van der Waals surface area contributed by atoms with E-state index in [4.69, 9.17) is 9.47 Å². The number of fused-ring (bicyclic) bond motifs is 5. The Morgan fingerprint density at radius 3 is 2.09 bits per heavy atom. The van der Waals surface area contributed by atoms with Gasteiger partial charge >= 0.3 is 0 Å². The van der Waals surface area contributed by atoms with Gasteiger partial charge in [0, 0.05) is 12.0 Å². The lowest BCUT2D eigenvalue weighted by molar-refractivity contribution is 0.300. The SMILES string of the molecule is C1=CCC2=C(C=C1)Oc1c(ccc3c1-c1ccccc1C3(c1ccccc1)c1ccccc1)O2. The summed E-state index contributed by atoms with van der Waals surface area (Å²) < 4.78 is 13.0. The van der Waals surface area contributed by atoms with Crippen molar-refractivity contribution in [3.05, 3.63) is 155 Å². The minimum atomic E-state index is -0.442. The van der Waals surface area contributed by atoms with E-state index in [2.05, 4.69) is 103 Å². The van der Waals surface area contributed by atoms with Crippen LogP contribution in [0, 0.1) is 0 Å². The first-order valence-corrected chi connectivity index (χ1v) is 11.7. The molecule has 0 atom stereocenters. The highest BCUT2D eigenvalue weighted by Gasteiger charge is 2.48. The Morgan fingerprint density at radius 1 is 0.618 bits per heavy atom. The molecule has 0 radical (unpaired) electrons. The normalized spacial score (nSPS) is 16.5. The molecule has 0 amide bonds. The zero-order chi connectivity index (χ0) is 22.5. The maximum absolute atomic E-state index is 6.61. The summed E-state index contributed by atoms with van der Waals surface area (Å²) in [7, 11) is 0. The molecule has 1 aliphatic heterocycles. The van der Waals surface area contributed by atoms with Gasteiger partial charge in [0.2, 0.25) is 0 Å². The van der Waals surface area contributed by atoms with E-state index in [9.17, 15) is 0 Å². The minimum absolute atomic E-state index is 0.442. The molecular formula is C32H22O2. The summed E-state index contributed by atoms with van der Waals surface area (Å²) in [5.41, 5.74) is 6.81. The second-order valence-corrected chi connectivity index (χ2v) is 8.83. The lowest BCUT2D eigenvalue weighted by atomic mass is 9.68. The van der Waals surface area contributed by atoms with E-state index >= 15 is 0 Å². The van der Waals surface area contributed by atoms with Crippen molar-refractivity contribution >= 4 is 0 Å². The van der Waals surface area contributed by atoms with Crippen molar-refractivity contribution in [1.29, 1.82) is 0 Å². The van der Waals surface area contributed by atoms with E-state index in [1.807, 2.05) is 18.2 Å². The lowest BCUT2D eigenvalue weighted by Gasteiger charge is -2.34. The quantitative estimate of drug-likeness (QED) is 0.283. The van der Waals surface area contributed by atoms with Crippen LogP contribution >= 0.6 is 0 Å². The summed E-state index contributed by atoms with van der Waals surface area (Å²) in [4.78, 5) is 0. The maximum Gasteiger partial charge on any atom is 0.178 e. The van der Waals surface area contributed by atoms with E-state index in [-0.39, 0.29) is 0 Å². The Hall–Kier alpha value is -4.30. The Bertz CT molecular complexity index is 1470. The van der Waals surface area contributed by atoms with E-state index in [0.717, 1.165) is 28.6 Å². The maximum atomic E-state index is 6.61. The molecule has 7 rings (SSSR count). The van der Waals surface area contributed by atoms with Crippen molar-refractivity contribution in [3.63, 3.8) is 0 Å². The number of hydrogen-bond donors (Lipinski definition) is 0. The number of allylic oxidation sites excluding steroid dienone is 4. The van der Waals surface area contributed by atoms with Crippen LogP contribution in [0.25, 0.3) is 11.1 Å². The lowest BCUT2D eigenvalue weighted by Crippen LogP contribution is -2.28. The van der Waals surface area contributed by atoms with Crippen LogP contribution in [0.2, 0.25) is 0 Å². The summed E-state index contributed by atoms with van der Waals surface area (Å²) >= 11 is 0. The number of ether oxygens (including phenoxy) is 2. The van der Waals surface area contributed by atoms with E-state index in [0.29, 0.717) is 6.42 Å². The van der Waals surface area contributed by atoms with E-state index in [1.165, 1.54) is 27.8 Å². The van der Waals surface area contributed by atoms with Gasteiger partial charge in [0.1, 0.15) is 0 Å². The van der Waals surface area contributed by atoms with Crippen molar-refractivity contribution in [3.8, 4) is 22.6 Å². The van der Waals surface area contributed by atoms with Crippen LogP contribution in [0.4, 0.5) is 0 Å². The van der Waals surface area contributed by atoms with Gasteiger partial charge in [-0.25, -0.2) is 0 Å². The van der Waals surface area contributed by atoms with Gasteiger partial charge < -0.3 is 9.47 Å². The highest BCUT2D eigenvalue weighted by molar-refractivity contribution is 5.91. The van der Waals surface area contributed by atoms with Crippen molar-refractivity contribution in [2.24, 2.45) is 0 Å². The summed E-state index contributed by atoms with van der Waals surface area (Å²) in [6.07, 6.45) is 8.83. The zero-order valence-corrected chi connectivity index (χ0v) is 18.6. The summed E-state index contributed by atoms with van der Waals surface area (Å²) in [6.45, 7) is 0. The van der Waals surface area contributed by atoms with Gasteiger partial charge in [-0.3, -0.25) is 0 Å². The third-order valence-corrected chi connectivity index (χ3v) is 7.06. The third kappa shape index (κ3) is 2.57. The highest BCUT2D eigenvalue weighted by atomic mass is 16.6. The fourth-order valence-corrected chi connectivity index (χ4v) is 5.68. The first-order valence-electron chi connectivity index (χ1n) is 11.7. The Balaban J connectivity index is 1.56. The monoisotopic (exact) mass is 438 g/mol. The topological polar surface area (TPSA) is 18.5 Å². The molecule has 2 heteroatoms.